The van der Waals surface area contributed by atoms with Crippen molar-refractivity contribution in [2.75, 3.05) is 17.8 Å². The zero-order valence-corrected chi connectivity index (χ0v) is 12.0. The van der Waals surface area contributed by atoms with Crippen molar-refractivity contribution < 1.29 is 21.6 Å². The fraction of sp³-hybridized carbons (Fsp3) is 0.500. The van der Waals surface area contributed by atoms with E-state index < -0.39 is 38.4 Å². The van der Waals surface area contributed by atoms with E-state index in [4.69, 9.17) is 0 Å². The standard InChI is InChI=1S/C12H17F3N2O2S/c1-3-4-16-7-8(2)20(18,19)17-12-10(14)5-9(13)6-11(12)15/h5-6,8,16-17H,3-4,7H2,1-2H3. The second-order valence-corrected chi connectivity index (χ2v) is 6.51. The van der Waals surface area contributed by atoms with Crippen LogP contribution >= 0.6 is 0 Å². The highest BCUT2D eigenvalue weighted by atomic mass is 32.2. The molecule has 1 atom stereocenters. The highest BCUT2D eigenvalue weighted by molar-refractivity contribution is 7.93. The number of anilines is 1. The van der Waals surface area contributed by atoms with Gasteiger partial charge in [-0.15, -0.1) is 0 Å². The largest absolute Gasteiger partial charge is 0.315 e. The smallest absolute Gasteiger partial charge is 0.236 e. The summed E-state index contributed by atoms with van der Waals surface area (Å²) in [5, 5.41) is 2.01. The molecule has 4 nitrogen and oxygen atoms in total. The van der Waals surface area contributed by atoms with Crippen LogP contribution < -0.4 is 10.0 Å². The Hall–Kier alpha value is -1.28. The molecule has 0 fully saturated rings. The van der Waals surface area contributed by atoms with Gasteiger partial charge in [0.2, 0.25) is 10.0 Å². The molecule has 0 heterocycles. The lowest BCUT2D eigenvalue weighted by Crippen LogP contribution is -2.35. The van der Waals surface area contributed by atoms with Crippen molar-refractivity contribution in [1.29, 1.82) is 0 Å². The SMILES string of the molecule is CCCNCC(C)S(=O)(=O)Nc1c(F)cc(F)cc1F. The quantitative estimate of drug-likeness (QED) is 0.759. The zero-order valence-electron chi connectivity index (χ0n) is 11.2. The number of hydrogen-bond acceptors (Lipinski definition) is 3. The minimum absolute atomic E-state index is 0.146. The Kier molecular flexibility index (Phi) is 5.82. The lowest BCUT2D eigenvalue weighted by atomic mass is 10.3. The van der Waals surface area contributed by atoms with Crippen molar-refractivity contribution in [3.05, 3.63) is 29.6 Å². The minimum Gasteiger partial charge on any atom is -0.315 e. The van der Waals surface area contributed by atoms with E-state index in [1.807, 2.05) is 11.6 Å². The number of benzene rings is 1. The summed E-state index contributed by atoms with van der Waals surface area (Å²) >= 11 is 0. The van der Waals surface area contributed by atoms with Gasteiger partial charge in [-0.25, -0.2) is 21.6 Å². The molecule has 0 bridgehead atoms. The molecule has 1 unspecified atom stereocenters. The van der Waals surface area contributed by atoms with Gasteiger partial charge in [0.15, 0.2) is 11.6 Å². The van der Waals surface area contributed by atoms with Gasteiger partial charge in [0, 0.05) is 18.7 Å². The van der Waals surface area contributed by atoms with Crippen LogP contribution in [0.4, 0.5) is 18.9 Å². The van der Waals surface area contributed by atoms with Gasteiger partial charge in [0.05, 0.1) is 5.25 Å². The van der Waals surface area contributed by atoms with E-state index in [-0.39, 0.29) is 6.54 Å². The van der Waals surface area contributed by atoms with E-state index in [1.54, 1.807) is 0 Å². The summed E-state index contributed by atoms with van der Waals surface area (Å²) in [5.74, 6) is -3.69. The lowest BCUT2D eigenvalue weighted by molar-refractivity contribution is 0.545. The van der Waals surface area contributed by atoms with Gasteiger partial charge in [-0.05, 0) is 19.9 Å². The first-order valence-electron chi connectivity index (χ1n) is 6.14. The van der Waals surface area contributed by atoms with E-state index in [0.717, 1.165) is 6.42 Å². The molecule has 0 aliphatic carbocycles. The maximum Gasteiger partial charge on any atom is 0.236 e. The van der Waals surface area contributed by atoms with Crippen LogP contribution in [-0.2, 0) is 10.0 Å². The molecule has 0 amide bonds. The summed E-state index contributed by atoms with van der Waals surface area (Å²) in [6.45, 7) is 4.12. The molecule has 1 aromatic rings. The van der Waals surface area contributed by atoms with Crippen LogP contribution in [0.3, 0.4) is 0 Å². The highest BCUT2D eigenvalue weighted by Gasteiger charge is 2.24. The van der Waals surface area contributed by atoms with Crippen LogP contribution in [0, 0.1) is 17.5 Å². The first-order valence-corrected chi connectivity index (χ1v) is 7.69. The molecule has 0 aromatic heterocycles. The summed E-state index contributed by atoms with van der Waals surface area (Å²) < 4.78 is 65.2. The highest BCUT2D eigenvalue weighted by Crippen LogP contribution is 2.22. The summed E-state index contributed by atoms with van der Waals surface area (Å²) in [6.07, 6.45) is 0.835. The van der Waals surface area contributed by atoms with Gasteiger partial charge in [0.25, 0.3) is 0 Å². The fourth-order valence-electron chi connectivity index (χ4n) is 1.47. The molecule has 114 valence electrons. The van der Waals surface area contributed by atoms with Crippen molar-refractivity contribution in [1.82, 2.24) is 5.32 Å². The molecular weight excluding hydrogens is 293 g/mol. The molecule has 0 saturated heterocycles. The van der Waals surface area contributed by atoms with Crippen molar-refractivity contribution in [3.8, 4) is 0 Å². The van der Waals surface area contributed by atoms with Gasteiger partial charge in [-0.3, -0.25) is 4.72 Å². The summed E-state index contributed by atoms with van der Waals surface area (Å²) in [4.78, 5) is 0. The Morgan fingerprint density at radius 2 is 1.75 bits per heavy atom. The van der Waals surface area contributed by atoms with Gasteiger partial charge in [-0.2, -0.15) is 0 Å². The number of hydrogen-bond donors (Lipinski definition) is 2. The summed E-state index contributed by atoms with van der Waals surface area (Å²) in [6, 6.07) is 0.835. The number of rotatable bonds is 7. The first-order chi connectivity index (χ1) is 9.27. The molecule has 0 saturated carbocycles. The molecule has 20 heavy (non-hydrogen) atoms. The number of nitrogens with one attached hydrogen (secondary N) is 2. The fourth-order valence-corrected chi connectivity index (χ4v) is 2.49. The van der Waals surface area contributed by atoms with Gasteiger partial charge < -0.3 is 5.32 Å². The molecule has 0 aliphatic heterocycles. The van der Waals surface area contributed by atoms with Crippen molar-refractivity contribution >= 4 is 15.7 Å². The third-order valence-electron chi connectivity index (χ3n) is 2.64. The average Bonchev–Trinajstić information content (AvgIpc) is 2.34. The topological polar surface area (TPSA) is 58.2 Å². The molecule has 8 heteroatoms. The van der Waals surface area contributed by atoms with E-state index >= 15 is 0 Å². The van der Waals surface area contributed by atoms with Crippen LogP contribution in [0.25, 0.3) is 0 Å². The Morgan fingerprint density at radius 3 is 2.25 bits per heavy atom. The van der Waals surface area contributed by atoms with Gasteiger partial charge >= 0.3 is 0 Å². The maximum atomic E-state index is 13.4. The Balaban J connectivity index is 2.86. The predicted molar refractivity (Wildman–Crippen MR) is 71.5 cm³/mol. The maximum absolute atomic E-state index is 13.4. The van der Waals surface area contributed by atoms with Crippen LogP contribution in [0.5, 0.6) is 0 Å². The number of sulfonamides is 1. The van der Waals surface area contributed by atoms with Crippen LogP contribution in [0.2, 0.25) is 0 Å². The normalized spacial score (nSPS) is 13.2. The monoisotopic (exact) mass is 310 g/mol. The molecule has 0 aliphatic rings. The Morgan fingerprint density at radius 1 is 1.20 bits per heavy atom. The van der Waals surface area contributed by atoms with Crippen LogP contribution in [0.15, 0.2) is 12.1 Å². The average molecular weight is 310 g/mol. The van der Waals surface area contributed by atoms with E-state index in [0.29, 0.717) is 18.7 Å². The molecule has 0 spiro atoms. The Labute approximate surface area is 116 Å². The zero-order chi connectivity index (χ0) is 15.3. The van der Waals surface area contributed by atoms with Crippen LogP contribution in [-0.4, -0.2) is 26.8 Å². The number of halogens is 3. The minimum atomic E-state index is -3.97. The van der Waals surface area contributed by atoms with Gasteiger partial charge in [0.1, 0.15) is 11.5 Å². The van der Waals surface area contributed by atoms with Crippen molar-refractivity contribution in [3.63, 3.8) is 0 Å². The van der Waals surface area contributed by atoms with E-state index in [1.165, 1.54) is 6.92 Å². The summed E-state index contributed by atoms with van der Waals surface area (Å²) in [7, 11) is -3.97. The third-order valence-corrected chi connectivity index (χ3v) is 4.35. The Bertz CT molecular complexity index is 541. The lowest BCUT2D eigenvalue weighted by Gasteiger charge is -2.16. The first kappa shape index (κ1) is 16.8. The summed E-state index contributed by atoms with van der Waals surface area (Å²) in [5.41, 5.74) is -0.867. The second kappa shape index (κ2) is 6.94. The van der Waals surface area contributed by atoms with Crippen LogP contribution in [0.1, 0.15) is 20.3 Å². The molecule has 2 N–H and O–H groups in total. The molecular formula is C12H17F3N2O2S. The van der Waals surface area contributed by atoms with Gasteiger partial charge in [-0.1, -0.05) is 6.92 Å². The third kappa shape index (κ3) is 4.38. The second-order valence-electron chi connectivity index (χ2n) is 4.41. The molecule has 1 aromatic carbocycles. The van der Waals surface area contributed by atoms with E-state index in [9.17, 15) is 21.6 Å². The van der Waals surface area contributed by atoms with Crippen molar-refractivity contribution in [2.24, 2.45) is 0 Å². The van der Waals surface area contributed by atoms with Crippen molar-refractivity contribution in [2.45, 2.75) is 25.5 Å². The van der Waals surface area contributed by atoms with E-state index in [2.05, 4.69) is 5.32 Å². The molecule has 1 rings (SSSR count). The predicted octanol–water partition coefficient (Wildman–Crippen LogP) is 2.23. The molecule has 0 radical (unpaired) electrons.